The monoisotopic (exact) mass is 483 g/mol. The summed E-state index contributed by atoms with van der Waals surface area (Å²) in [6.45, 7) is 10.1. The summed E-state index contributed by atoms with van der Waals surface area (Å²) in [4.78, 5) is 0. The van der Waals surface area contributed by atoms with E-state index < -0.39 is 7.92 Å². The molecule has 0 fully saturated rings. The summed E-state index contributed by atoms with van der Waals surface area (Å²) in [7, 11) is -0.541. The Bertz CT molecular complexity index is 928. The zero-order valence-corrected chi connectivity index (χ0v) is 21.5. The van der Waals surface area contributed by atoms with Crippen molar-refractivity contribution in [2.24, 2.45) is 5.41 Å². The van der Waals surface area contributed by atoms with Crippen molar-refractivity contribution in [3.05, 3.63) is 115 Å². The third kappa shape index (κ3) is 7.88. The van der Waals surface area contributed by atoms with E-state index in [1.54, 1.807) is 0 Å². The zero-order chi connectivity index (χ0) is 22.1. The first-order valence-electron chi connectivity index (χ1n) is 11.0. The molecule has 0 unspecified atom stereocenters. The van der Waals surface area contributed by atoms with Gasteiger partial charge in [-0.1, -0.05) is 88.4 Å². The van der Waals surface area contributed by atoms with E-state index >= 15 is 0 Å². The van der Waals surface area contributed by atoms with Gasteiger partial charge in [-0.2, -0.15) is 6.07 Å². The van der Waals surface area contributed by atoms with Gasteiger partial charge in [-0.3, -0.25) is 0 Å². The third-order valence-corrected chi connectivity index (χ3v) is 7.57. The molecule has 4 rings (SSSR count). The van der Waals surface area contributed by atoms with Gasteiger partial charge in [-0.15, -0.1) is 10.9 Å². The molecule has 0 heterocycles. The number of nitrogens with one attached hydrogen (secondary N) is 1. The summed E-state index contributed by atoms with van der Waals surface area (Å²) < 4.78 is 0. The van der Waals surface area contributed by atoms with Gasteiger partial charge in [0.25, 0.3) is 0 Å². The van der Waals surface area contributed by atoms with E-state index in [2.05, 4.69) is 112 Å². The second kappa shape index (κ2) is 12.9. The summed E-state index contributed by atoms with van der Waals surface area (Å²) in [5.74, 6) is 0. The first-order chi connectivity index (χ1) is 15.0. The van der Waals surface area contributed by atoms with Crippen molar-refractivity contribution < 1.29 is 17.1 Å². The summed E-state index contributed by atoms with van der Waals surface area (Å²) in [5.41, 5.74) is 1.71. The van der Waals surface area contributed by atoms with Gasteiger partial charge in [0.05, 0.1) is 0 Å². The van der Waals surface area contributed by atoms with Crippen molar-refractivity contribution in [3.63, 3.8) is 0 Å². The largest absolute Gasteiger partial charge is 0.748 e. The van der Waals surface area contributed by atoms with Crippen LogP contribution in [0.15, 0.2) is 109 Å². The number of hydrogen-bond acceptors (Lipinski definition) is 1. The standard InChI is InChI=1S/C24H29NP.C5H5.Fe/c1-19(25-18-24(2,3)4)22-16-11-17-23(22)26(20-12-7-5-8-13-20)21-14-9-6-10-15-21;1-2-4-5-3-1;/h5-17,19,25H,18H2,1-4H3;1-5H;/q-1;-5;/t19-;;/m1../s1. The van der Waals surface area contributed by atoms with E-state index in [1.807, 2.05) is 30.3 Å². The molecule has 32 heavy (non-hydrogen) atoms. The number of rotatable bonds is 6. The van der Waals surface area contributed by atoms with Crippen LogP contribution in [0.1, 0.15) is 39.3 Å². The first-order valence-corrected chi connectivity index (χ1v) is 12.4. The van der Waals surface area contributed by atoms with Crippen LogP contribution in [0.25, 0.3) is 0 Å². The van der Waals surface area contributed by atoms with Crippen molar-refractivity contribution in [2.45, 2.75) is 33.7 Å². The Kier molecular flexibility index (Phi) is 10.6. The molecule has 174 valence electrons. The Morgan fingerprint density at radius 3 is 1.69 bits per heavy atom. The van der Waals surface area contributed by atoms with Gasteiger partial charge < -0.3 is 35.6 Å². The van der Waals surface area contributed by atoms with Crippen LogP contribution in [0.3, 0.4) is 0 Å². The maximum Gasteiger partial charge on any atom is 0 e. The SMILES string of the molecule is C[C@@H](NCC(C)(C)C)[c-]1cccc1P(c1ccccc1)c1ccccc1.[Fe].[cH-]1[cH-][cH-][cH-][cH-]1. The Balaban J connectivity index is 0.000000534. The zero-order valence-electron chi connectivity index (χ0n) is 19.5. The minimum atomic E-state index is -0.541. The minimum Gasteiger partial charge on any atom is -0.748 e. The van der Waals surface area contributed by atoms with Crippen molar-refractivity contribution in [1.29, 1.82) is 0 Å². The van der Waals surface area contributed by atoms with Crippen molar-refractivity contribution in [3.8, 4) is 0 Å². The van der Waals surface area contributed by atoms with E-state index in [0.717, 1.165) is 6.54 Å². The predicted octanol–water partition coefficient (Wildman–Crippen LogP) is 6.26. The molecule has 0 bridgehead atoms. The quantitative estimate of drug-likeness (QED) is 0.194. The van der Waals surface area contributed by atoms with E-state index in [0.29, 0.717) is 6.04 Å². The molecular weight excluding hydrogens is 449 g/mol. The van der Waals surface area contributed by atoms with E-state index in [-0.39, 0.29) is 22.5 Å². The number of benzene rings is 2. The Labute approximate surface area is 206 Å². The van der Waals surface area contributed by atoms with Crippen LogP contribution >= 0.6 is 7.92 Å². The second-order valence-electron chi connectivity index (χ2n) is 9.00. The minimum absolute atomic E-state index is 0. The molecule has 4 aromatic carbocycles. The van der Waals surface area contributed by atoms with Crippen molar-refractivity contribution in [1.82, 2.24) is 5.32 Å². The van der Waals surface area contributed by atoms with Crippen LogP contribution in [-0.4, -0.2) is 6.54 Å². The molecule has 4 aromatic rings. The molecule has 0 spiro atoms. The van der Waals surface area contributed by atoms with Crippen LogP contribution in [-0.2, 0) is 17.1 Å². The molecule has 0 amide bonds. The summed E-state index contributed by atoms with van der Waals surface area (Å²) >= 11 is 0. The number of hydrogen-bond donors (Lipinski definition) is 1. The maximum atomic E-state index is 3.73. The molecule has 1 nitrogen and oxygen atoms in total. The van der Waals surface area contributed by atoms with Crippen LogP contribution in [0.5, 0.6) is 0 Å². The van der Waals surface area contributed by atoms with Gasteiger partial charge in [0.2, 0.25) is 0 Å². The normalized spacial score (nSPS) is 11.9. The topological polar surface area (TPSA) is 12.0 Å². The fourth-order valence-electron chi connectivity index (χ4n) is 3.47. The molecule has 0 aliphatic carbocycles. The summed E-state index contributed by atoms with van der Waals surface area (Å²) in [6, 6.07) is 39.0. The Morgan fingerprint density at radius 2 is 1.25 bits per heavy atom. The molecule has 1 atom stereocenters. The van der Waals surface area contributed by atoms with Crippen molar-refractivity contribution >= 4 is 23.8 Å². The Hall–Kier alpha value is -1.95. The van der Waals surface area contributed by atoms with Gasteiger partial charge in [-0.25, -0.2) is 12.1 Å². The van der Waals surface area contributed by atoms with Crippen LogP contribution in [0, 0.1) is 5.41 Å². The van der Waals surface area contributed by atoms with Gasteiger partial charge in [-0.05, 0) is 36.5 Å². The molecule has 3 heteroatoms. The summed E-state index contributed by atoms with van der Waals surface area (Å²) in [5, 5.41) is 8.01. The Morgan fingerprint density at radius 1 is 0.781 bits per heavy atom. The van der Waals surface area contributed by atoms with Gasteiger partial charge in [0.15, 0.2) is 0 Å². The first kappa shape index (κ1) is 26.3. The van der Waals surface area contributed by atoms with E-state index in [1.165, 1.54) is 21.5 Å². The summed E-state index contributed by atoms with van der Waals surface area (Å²) in [6.07, 6.45) is 0. The molecule has 0 aliphatic heterocycles. The van der Waals surface area contributed by atoms with Crippen LogP contribution in [0.2, 0.25) is 0 Å². The van der Waals surface area contributed by atoms with Gasteiger partial charge >= 0.3 is 0 Å². The van der Waals surface area contributed by atoms with Gasteiger partial charge in [0, 0.05) is 17.1 Å². The van der Waals surface area contributed by atoms with E-state index in [4.69, 9.17) is 0 Å². The molecule has 1 N–H and O–H groups in total. The molecule has 0 saturated carbocycles. The average molecular weight is 483 g/mol. The van der Waals surface area contributed by atoms with Crippen LogP contribution < -0.4 is 21.2 Å². The van der Waals surface area contributed by atoms with Crippen molar-refractivity contribution in [2.75, 3.05) is 6.54 Å². The fraction of sp³-hybridized carbons (Fsp3) is 0.241. The smallest absolute Gasteiger partial charge is 0 e. The molecular formula is C29H34FeNP-6. The van der Waals surface area contributed by atoms with Gasteiger partial charge in [0.1, 0.15) is 0 Å². The second-order valence-corrected chi connectivity index (χ2v) is 11.2. The molecule has 0 saturated heterocycles. The molecule has 0 aromatic heterocycles. The van der Waals surface area contributed by atoms with Crippen LogP contribution in [0.4, 0.5) is 0 Å². The third-order valence-electron chi connectivity index (χ3n) is 5.06. The molecule has 0 aliphatic rings. The average Bonchev–Trinajstić information content (AvgIpc) is 3.49. The fourth-order valence-corrected chi connectivity index (χ4v) is 6.02. The predicted molar refractivity (Wildman–Crippen MR) is 139 cm³/mol. The molecule has 0 radical (unpaired) electrons. The maximum absolute atomic E-state index is 3.73. The van der Waals surface area contributed by atoms with E-state index in [9.17, 15) is 0 Å².